The Morgan fingerprint density at radius 2 is 1.89 bits per heavy atom. The van der Waals surface area contributed by atoms with Crippen LogP contribution >= 0.6 is 15.9 Å². The fraction of sp³-hybridized carbons (Fsp3) is 0.133. The van der Waals surface area contributed by atoms with Gasteiger partial charge in [0.1, 0.15) is 4.83 Å². The van der Waals surface area contributed by atoms with Gasteiger partial charge in [0.2, 0.25) is 0 Å². The van der Waals surface area contributed by atoms with Crippen LogP contribution in [0.2, 0.25) is 0 Å². The summed E-state index contributed by atoms with van der Waals surface area (Å²) in [4.78, 5) is 11.8. The molecule has 2 aromatic carbocycles. The Labute approximate surface area is 119 Å². The van der Waals surface area contributed by atoms with Gasteiger partial charge in [0.05, 0.1) is 7.11 Å². The maximum Gasteiger partial charge on any atom is 0.180 e. The standard InChI is InChI=1S/C15H12BrFO2/c1-19-13-8-7-11(9-12(13)17)15(18)14(16)10-5-3-2-4-6-10/h2-9,14H,1H3/t14-/m0/s1. The maximum absolute atomic E-state index is 13.6. The molecule has 2 nitrogen and oxygen atoms in total. The van der Waals surface area contributed by atoms with Crippen LogP contribution in [0.4, 0.5) is 4.39 Å². The molecular formula is C15H12BrFO2. The first kappa shape index (κ1) is 13.7. The summed E-state index contributed by atoms with van der Waals surface area (Å²) in [6.45, 7) is 0. The largest absolute Gasteiger partial charge is 0.494 e. The molecule has 19 heavy (non-hydrogen) atoms. The Balaban J connectivity index is 2.27. The van der Waals surface area contributed by atoms with E-state index in [1.807, 2.05) is 30.3 Å². The lowest BCUT2D eigenvalue weighted by atomic mass is 10.0. The smallest absolute Gasteiger partial charge is 0.180 e. The topological polar surface area (TPSA) is 26.3 Å². The molecule has 0 unspecified atom stereocenters. The number of carbonyl (C=O) groups is 1. The van der Waals surface area contributed by atoms with Crippen LogP contribution in [0.3, 0.4) is 0 Å². The van der Waals surface area contributed by atoms with E-state index in [4.69, 9.17) is 4.74 Å². The zero-order chi connectivity index (χ0) is 13.8. The first-order chi connectivity index (χ1) is 9.13. The molecule has 0 aromatic heterocycles. The van der Waals surface area contributed by atoms with Crippen molar-refractivity contribution in [3.8, 4) is 5.75 Å². The van der Waals surface area contributed by atoms with E-state index in [-0.39, 0.29) is 11.5 Å². The van der Waals surface area contributed by atoms with E-state index < -0.39 is 10.6 Å². The van der Waals surface area contributed by atoms with Gasteiger partial charge in [-0.05, 0) is 23.8 Å². The minimum Gasteiger partial charge on any atom is -0.494 e. The second-order valence-corrected chi connectivity index (χ2v) is 4.90. The van der Waals surface area contributed by atoms with Gasteiger partial charge in [-0.1, -0.05) is 46.3 Å². The van der Waals surface area contributed by atoms with Crippen molar-refractivity contribution in [3.05, 3.63) is 65.5 Å². The van der Waals surface area contributed by atoms with Gasteiger partial charge in [0.15, 0.2) is 17.3 Å². The van der Waals surface area contributed by atoms with Gasteiger partial charge in [-0.2, -0.15) is 0 Å². The van der Waals surface area contributed by atoms with E-state index in [0.717, 1.165) is 5.56 Å². The summed E-state index contributed by atoms with van der Waals surface area (Å²) < 4.78 is 18.4. The highest BCUT2D eigenvalue weighted by Gasteiger charge is 2.19. The van der Waals surface area contributed by atoms with E-state index in [1.165, 1.54) is 19.2 Å². The number of Topliss-reactive ketones (excluding diaryl/α,β-unsaturated/α-hetero) is 1. The summed E-state index contributed by atoms with van der Waals surface area (Å²) in [5.74, 6) is -0.601. The van der Waals surface area contributed by atoms with Gasteiger partial charge in [-0.15, -0.1) is 0 Å². The highest BCUT2D eigenvalue weighted by atomic mass is 79.9. The van der Waals surface area contributed by atoms with Crippen LogP contribution in [0.5, 0.6) is 5.75 Å². The molecule has 0 aliphatic rings. The van der Waals surface area contributed by atoms with Crippen molar-refractivity contribution >= 4 is 21.7 Å². The van der Waals surface area contributed by atoms with Crippen molar-refractivity contribution in [1.29, 1.82) is 0 Å². The number of carbonyl (C=O) groups excluding carboxylic acids is 1. The Morgan fingerprint density at radius 3 is 2.47 bits per heavy atom. The molecule has 0 amide bonds. The zero-order valence-electron chi connectivity index (χ0n) is 10.3. The number of hydrogen-bond acceptors (Lipinski definition) is 2. The Hall–Kier alpha value is -1.68. The van der Waals surface area contributed by atoms with Crippen LogP contribution in [-0.2, 0) is 0 Å². The third-order valence-corrected chi connectivity index (χ3v) is 3.70. The minimum atomic E-state index is -0.541. The van der Waals surface area contributed by atoms with Gasteiger partial charge >= 0.3 is 0 Å². The summed E-state index contributed by atoms with van der Waals surface area (Å²) in [5.41, 5.74) is 1.15. The first-order valence-electron chi connectivity index (χ1n) is 5.70. The van der Waals surface area contributed by atoms with Gasteiger partial charge < -0.3 is 4.74 Å². The Bertz CT molecular complexity index is 584. The van der Waals surface area contributed by atoms with Crippen molar-refractivity contribution in [3.63, 3.8) is 0 Å². The SMILES string of the molecule is COc1ccc(C(=O)[C@@H](Br)c2ccccc2)cc1F. The number of hydrogen-bond donors (Lipinski definition) is 0. The molecule has 0 saturated carbocycles. The van der Waals surface area contributed by atoms with E-state index in [0.29, 0.717) is 5.56 Å². The van der Waals surface area contributed by atoms with Crippen molar-refractivity contribution < 1.29 is 13.9 Å². The van der Waals surface area contributed by atoms with Crippen LogP contribution in [-0.4, -0.2) is 12.9 Å². The molecule has 0 spiro atoms. The van der Waals surface area contributed by atoms with Crippen LogP contribution in [0.1, 0.15) is 20.7 Å². The molecule has 0 bridgehead atoms. The number of rotatable bonds is 4. The molecule has 1 atom stereocenters. The van der Waals surface area contributed by atoms with Crippen LogP contribution < -0.4 is 4.74 Å². The molecule has 0 fully saturated rings. The lowest BCUT2D eigenvalue weighted by molar-refractivity contribution is 0.0991. The Morgan fingerprint density at radius 1 is 1.21 bits per heavy atom. The summed E-state index contributed by atoms with van der Waals surface area (Å²) in [5, 5.41) is 0. The van der Waals surface area contributed by atoms with Crippen LogP contribution in [0.15, 0.2) is 48.5 Å². The molecule has 0 heterocycles. The first-order valence-corrected chi connectivity index (χ1v) is 6.62. The normalized spacial score (nSPS) is 11.9. The van der Waals surface area contributed by atoms with Crippen LogP contribution in [0.25, 0.3) is 0 Å². The molecule has 0 radical (unpaired) electrons. The lowest BCUT2D eigenvalue weighted by Crippen LogP contribution is -2.07. The monoisotopic (exact) mass is 322 g/mol. The Kier molecular flexibility index (Phi) is 4.32. The number of halogens is 2. The zero-order valence-corrected chi connectivity index (χ0v) is 11.9. The molecule has 0 aliphatic heterocycles. The fourth-order valence-corrected chi connectivity index (χ4v) is 2.31. The molecule has 0 aliphatic carbocycles. The maximum atomic E-state index is 13.6. The van der Waals surface area contributed by atoms with Gasteiger partial charge in [-0.3, -0.25) is 4.79 Å². The summed E-state index contributed by atoms with van der Waals surface area (Å²) >= 11 is 3.35. The molecular weight excluding hydrogens is 311 g/mol. The lowest BCUT2D eigenvalue weighted by Gasteiger charge is -2.10. The number of methoxy groups -OCH3 is 1. The second-order valence-electron chi connectivity index (χ2n) is 3.99. The van der Waals surface area contributed by atoms with E-state index >= 15 is 0 Å². The van der Waals surface area contributed by atoms with E-state index in [2.05, 4.69) is 15.9 Å². The highest BCUT2D eigenvalue weighted by Crippen LogP contribution is 2.28. The third-order valence-electron chi connectivity index (χ3n) is 2.76. The number of benzene rings is 2. The highest BCUT2D eigenvalue weighted by molar-refractivity contribution is 9.09. The van der Waals surface area contributed by atoms with Crippen LogP contribution in [0, 0.1) is 5.82 Å². The molecule has 0 saturated heterocycles. The van der Waals surface area contributed by atoms with Crippen molar-refractivity contribution in [1.82, 2.24) is 0 Å². The summed E-state index contributed by atoms with van der Waals surface area (Å²) in [6, 6.07) is 13.5. The molecule has 4 heteroatoms. The minimum absolute atomic E-state index is 0.127. The quantitative estimate of drug-likeness (QED) is 0.624. The number of alkyl halides is 1. The van der Waals surface area contributed by atoms with Gasteiger partial charge in [-0.25, -0.2) is 4.39 Å². The third kappa shape index (κ3) is 3.01. The molecule has 0 N–H and O–H groups in total. The van der Waals surface area contributed by atoms with Crippen molar-refractivity contribution in [2.24, 2.45) is 0 Å². The molecule has 98 valence electrons. The molecule has 2 aromatic rings. The van der Waals surface area contributed by atoms with E-state index in [1.54, 1.807) is 6.07 Å². The van der Waals surface area contributed by atoms with Gasteiger partial charge in [0.25, 0.3) is 0 Å². The fourth-order valence-electron chi connectivity index (χ4n) is 1.74. The van der Waals surface area contributed by atoms with Gasteiger partial charge in [0, 0.05) is 5.56 Å². The van der Waals surface area contributed by atoms with Crippen molar-refractivity contribution in [2.45, 2.75) is 4.83 Å². The molecule has 2 rings (SSSR count). The average molecular weight is 323 g/mol. The predicted molar refractivity (Wildman–Crippen MR) is 75.4 cm³/mol. The summed E-state index contributed by atoms with van der Waals surface area (Å²) in [6.07, 6.45) is 0. The van der Waals surface area contributed by atoms with E-state index in [9.17, 15) is 9.18 Å². The predicted octanol–water partition coefficient (Wildman–Crippen LogP) is 4.15. The van der Waals surface area contributed by atoms with Crippen molar-refractivity contribution in [2.75, 3.05) is 7.11 Å². The average Bonchev–Trinajstić information content (AvgIpc) is 2.46. The second kappa shape index (κ2) is 5.97. The number of ketones is 1. The number of ether oxygens (including phenoxy) is 1. The summed E-state index contributed by atoms with van der Waals surface area (Å²) in [7, 11) is 1.39.